The number of benzene rings is 1. The van der Waals surface area contributed by atoms with Gasteiger partial charge in [0.25, 0.3) is 0 Å². The predicted molar refractivity (Wildman–Crippen MR) is 43.3 cm³/mol. The summed E-state index contributed by atoms with van der Waals surface area (Å²) in [6.45, 7) is -0.440. The lowest BCUT2D eigenvalue weighted by molar-refractivity contribution is -0.491. The van der Waals surface area contributed by atoms with Crippen LogP contribution in [0.1, 0.15) is 11.7 Å². The first-order valence-corrected chi connectivity index (χ1v) is 3.55. The second-order valence-electron chi connectivity index (χ2n) is 2.44. The summed E-state index contributed by atoms with van der Waals surface area (Å²) in [7, 11) is 0. The molecule has 4 heteroatoms. The van der Waals surface area contributed by atoms with Gasteiger partial charge in [0.1, 0.15) is 6.10 Å². The second kappa shape index (κ2) is 3.82. The molecule has 1 N–H and O–H groups in total. The normalized spacial score (nSPS) is 12.4. The van der Waals surface area contributed by atoms with Crippen molar-refractivity contribution < 1.29 is 10.0 Å². The average Bonchev–Trinajstić information content (AvgIpc) is 2.05. The van der Waals surface area contributed by atoms with E-state index in [9.17, 15) is 15.2 Å². The van der Waals surface area contributed by atoms with Gasteiger partial charge in [-0.2, -0.15) is 0 Å². The van der Waals surface area contributed by atoms with Gasteiger partial charge in [-0.3, -0.25) is 10.1 Å². The number of aliphatic hydroxyl groups is 1. The quantitative estimate of drug-likeness (QED) is 0.538. The Hall–Kier alpha value is -1.42. The van der Waals surface area contributed by atoms with Crippen LogP contribution in [0.3, 0.4) is 0 Å². The summed E-state index contributed by atoms with van der Waals surface area (Å²) < 4.78 is 0. The van der Waals surface area contributed by atoms with E-state index < -0.39 is 17.6 Å². The number of nitrogens with zero attached hydrogens (tertiary/aromatic N) is 1. The van der Waals surface area contributed by atoms with Crippen LogP contribution in [0.4, 0.5) is 0 Å². The zero-order valence-corrected chi connectivity index (χ0v) is 6.38. The number of nitro groups is 1. The molecule has 0 aliphatic heterocycles. The van der Waals surface area contributed by atoms with Gasteiger partial charge in [-0.25, -0.2) is 0 Å². The van der Waals surface area contributed by atoms with Gasteiger partial charge in [-0.1, -0.05) is 30.3 Å². The Morgan fingerprint density at radius 3 is 2.50 bits per heavy atom. The zero-order valence-electron chi connectivity index (χ0n) is 6.38. The Balaban J connectivity index is 2.65. The van der Waals surface area contributed by atoms with Gasteiger partial charge in [-0.05, 0) is 5.56 Å². The molecule has 0 radical (unpaired) electrons. The first kappa shape index (κ1) is 8.67. The summed E-state index contributed by atoms with van der Waals surface area (Å²) >= 11 is 0. The van der Waals surface area contributed by atoms with E-state index in [4.69, 9.17) is 0 Å². The minimum atomic E-state index is -0.999. The van der Waals surface area contributed by atoms with Crippen LogP contribution >= 0.6 is 0 Å². The molecular formula is C8H9NO3. The summed E-state index contributed by atoms with van der Waals surface area (Å²) in [5, 5.41) is 19.3. The van der Waals surface area contributed by atoms with E-state index in [0.717, 1.165) is 0 Å². The molecule has 0 aromatic heterocycles. The van der Waals surface area contributed by atoms with Gasteiger partial charge in [0.05, 0.1) is 0 Å². The third kappa shape index (κ3) is 2.32. The van der Waals surface area contributed by atoms with Crippen LogP contribution in [0.15, 0.2) is 30.3 Å². The molecule has 0 spiro atoms. The molecule has 0 aliphatic carbocycles. The number of rotatable bonds is 3. The van der Waals surface area contributed by atoms with E-state index in [2.05, 4.69) is 0 Å². The lowest BCUT2D eigenvalue weighted by atomic mass is 9.90. The largest absolute Gasteiger partial charge is 0.382 e. The van der Waals surface area contributed by atoms with Crippen LogP contribution in [-0.4, -0.2) is 16.6 Å². The fraction of sp³-hybridized carbons (Fsp3) is 0.250. The molecule has 0 heterocycles. The van der Waals surface area contributed by atoms with Crippen molar-refractivity contribution >= 4 is 0 Å². The number of aliphatic hydroxyl groups excluding tert-OH is 1. The molecule has 1 rings (SSSR count). The molecule has 0 saturated heterocycles. The smallest absolute Gasteiger partial charge is 0.233 e. The van der Waals surface area contributed by atoms with Gasteiger partial charge >= 0.3 is 0 Å². The highest BCUT2D eigenvalue weighted by Crippen LogP contribution is 2.11. The van der Waals surface area contributed by atoms with Gasteiger partial charge in [0, 0.05) is 4.92 Å². The van der Waals surface area contributed by atoms with E-state index in [-0.39, 0.29) is 0 Å². The molecular weight excluding hydrogens is 157 g/mol. The Morgan fingerprint density at radius 2 is 2.00 bits per heavy atom. The molecule has 0 fully saturated rings. The summed E-state index contributed by atoms with van der Waals surface area (Å²) in [5.41, 5.74) is 0.578. The molecule has 12 heavy (non-hydrogen) atoms. The van der Waals surface area contributed by atoms with Crippen molar-refractivity contribution in [3.63, 3.8) is 0 Å². The first-order valence-electron chi connectivity index (χ1n) is 3.55. The Kier molecular flexibility index (Phi) is 2.76. The molecule has 1 atom stereocenters. The third-order valence-electron chi connectivity index (χ3n) is 1.51. The Labute approximate surface area is 69.6 Å². The van der Waals surface area contributed by atoms with Gasteiger partial charge in [0.15, 0.2) is 0 Å². The molecule has 0 aliphatic rings. The van der Waals surface area contributed by atoms with Crippen molar-refractivity contribution in [1.29, 1.82) is 0 Å². The maximum absolute atomic E-state index is 10.0. The topological polar surface area (TPSA) is 63.4 Å². The van der Waals surface area contributed by atoms with Crippen LogP contribution < -0.4 is 0 Å². The van der Waals surface area contributed by atoms with Gasteiger partial charge in [0.2, 0.25) is 6.54 Å². The highest BCUT2D eigenvalue weighted by Gasteiger charge is 2.12. The fourth-order valence-electron chi connectivity index (χ4n) is 0.922. The molecule has 4 nitrogen and oxygen atoms in total. The van der Waals surface area contributed by atoms with Crippen LogP contribution in [0.25, 0.3) is 0 Å². The van der Waals surface area contributed by atoms with E-state index in [1.807, 2.05) is 0 Å². The van der Waals surface area contributed by atoms with Crippen molar-refractivity contribution in [2.75, 3.05) is 6.54 Å². The average molecular weight is 166 g/mol. The second-order valence-corrected chi connectivity index (χ2v) is 2.44. The molecule has 64 valence electrons. The van der Waals surface area contributed by atoms with Crippen LogP contribution in [0.5, 0.6) is 0 Å². The minimum absolute atomic E-state index is 0.440. The molecule has 1 aromatic rings. The van der Waals surface area contributed by atoms with Crippen LogP contribution in [0, 0.1) is 10.1 Å². The van der Waals surface area contributed by atoms with E-state index >= 15 is 0 Å². The molecule has 0 amide bonds. The summed E-state index contributed by atoms with van der Waals surface area (Å²) in [6, 6.07) is 8.59. The van der Waals surface area contributed by atoms with Crippen molar-refractivity contribution in [2.45, 2.75) is 6.10 Å². The maximum Gasteiger partial charge on any atom is 0.233 e. The summed E-state index contributed by atoms with van der Waals surface area (Å²) in [5.74, 6) is 0. The molecule has 1 unspecified atom stereocenters. The van der Waals surface area contributed by atoms with Crippen LogP contribution in [-0.2, 0) is 0 Å². The van der Waals surface area contributed by atoms with E-state index in [0.29, 0.717) is 5.56 Å². The number of hydrogen-bond acceptors (Lipinski definition) is 3. The lowest BCUT2D eigenvalue weighted by Crippen LogP contribution is -2.11. The highest BCUT2D eigenvalue weighted by atomic mass is 16.6. The summed E-state index contributed by atoms with van der Waals surface area (Å²) in [6.07, 6.45) is -0.999. The number of hydrogen-bond donors (Lipinski definition) is 1. The highest BCUT2D eigenvalue weighted by molar-refractivity contribution is 5.17. The van der Waals surface area contributed by atoms with Crippen LogP contribution in [0.2, 0.25) is 0 Å². The van der Waals surface area contributed by atoms with Crippen molar-refractivity contribution in [2.24, 2.45) is 0 Å². The standard InChI is InChI=1S/C8H9NO3/c10-8(6-9(11)12)7-4-2-1-3-5-7/h1-5,8,10H,6H2/i6-1. The monoisotopic (exact) mass is 166 g/mol. The molecule has 0 saturated carbocycles. The zero-order chi connectivity index (χ0) is 8.97. The Bertz CT molecular complexity index is 260. The molecule has 0 bridgehead atoms. The summed E-state index contributed by atoms with van der Waals surface area (Å²) in [4.78, 5) is 9.50. The SMILES string of the molecule is O=[N+]([O-])[11CH2]C(O)c1ccccc1. The fourth-order valence-corrected chi connectivity index (χ4v) is 0.922. The predicted octanol–water partition coefficient (Wildman–Crippen LogP) is 0.997. The third-order valence-corrected chi connectivity index (χ3v) is 1.51. The van der Waals surface area contributed by atoms with E-state index in [1.54, 1.807) is 30.3 Å². The van der Waals surface area contributed by atoms with Crippen molar-refractivity contribution in [1.82, 2.24) is 0 Å². The lowest BCUT2D eigenvalue weighted by Gasteiger charge is -2.04. The van der Waals surface area contributed by atoms with Crippen molar-refractivity contribution in [3.05, 3.63) is 46.0 Å². The first-order chi connectivity index (χ1) is 5.70. The maximum atomic E-state index is 10.0. The Morgan fingerprint density at radius 1 is 1.42 bits per heavy atom. The van der Waals surface area contributed by atoms with Gasteiger partial charge < -0.3 is 5.11 Å². The van der Waals surface area contributed by atoms with Crippen molar-refractivity contribution in [3.8, 4) is 0 Å². The van der Waals surface area contributed by atoms with E-state index in [1.165, 1.54) is 0 Å². The minimum Gasteiger partial charge on any atom is -0.382 e. The van der Waals surface area contributed by atoms with Gasteiger partial charge in [-0.15, -0.1) is 0 Å². The molecule has 1 aromatic carbocycles.